The Morgan fingerprint density at radius 2 is 2.22 bits per heavy atom. The van der Waals surface area contributed by atoms with E-state index in [0.29, 0.717) is 6.04 Å². The van der Waals surface area contributed by atoms with Crippen molar-refractivity contribution in [1.82, 2.24) is 15.2 Å². The van der Waals surface area contributed by atoms with E-state index in [1.807, 2.05) is 0 Å². The number of aryl methyl sites for hydroxylation is 1. The summed E-state index contributed by atoms with van der Waals surface area (Å²) in [6.07, 6.45) is 2.66. The van der Waals surface area contributed by atoms with Gasteiger partial charge in [-0.25, -0.2) is 4.98 Å². The average molecular weight is 267 g/mol. The number of thiazole rings is 1. The van der Waals surface area contributed by atoms with Crippen LogP contribution in [0.4, 0.5) is 0 Å². The third-order valence-electron chi connectivity index (χ3n) is 4.06. The molecule has 0 saturated carbocycles. The molecule has 0 radical (unpaired) electrons. The van der Waals surface area contributed by atoms with Gasteiger partial charge in [0.2, 0.25) is 0 Å². The molecule has 0 aromatic carbocycles. The number of nitrogens with zero attached hydrogens (tertiary/aromatic N) is 2. The minimum absolute atomic E-state index is 0.603. The second-order valence-corrected chi connectivity index (χ2v) is 6.36. The zero-order chi connectivity index (χ0) is 13.0. The van der Waals surface area contributed by atoms with Gasteiger partial charge in [-0.3, -0.25) is 0 Å². The van der Waals surface area contributed by atoms with E-state index in [1.165, 1.54) is 38.2 Å². The first-order chi connectivity index (χ1) is 8.69. The lowest BCUT2D eigenvalue weighted by molar-refractivity contribution is 0.168. The van der Waals surface area contributed by atoms with Gasteiger partial charge in [0.15, 0.2) is 0 Å². The number of hydrogen-bond acceptors (Lipinski definition) is 4. The monoisotopic (exact) mass is 267 g/mol. The molecule has 2 heterocycles. The van der Waals surface area contributed by atoms with Gasteiger partial charge in [-0.15, -0.1) is 11.3 Å². The van der Waals surface area contributed by atoms with E-state index in [1.54, 1.807) is 11.3 Å². The van der Waals surface area contributed by atoms with Gasteiger partial charge in [0, 0.05) is 18.0 Å². The highest BCUT2D eigenvalue weighted by Crippen LogP contribution is 2.20. The number of hydrogen-bond donors (Lipinski definition) is 1. The summed E-state index contributed by atoms with van der Waals surface area (Å²) in [6.45, 7) is 11.3. The van der Waals surface area contributed by atoms with E-state index < -0.39 is 0 Å². The van der Waals surface area contributed by atoms with Crippen LogP contribution in [0.25, 0.3) is 0 Å². The number of nitrogens with one attached hydrogen (secondary N) is 1. The Balaban J connectivity index is 1.73. The maximum Gasteiger partial charge on any atom is 0.0897 e. The first kappa shape index (κ1) is 14.0. The third-order valence-corrected chi connectivity index (χ3v) is 4.88. The molecule has 18 heavy (non-hydrogen) atoms. The summed E-state index contributed by atoms with van der Waals surface area (Å²) in [6, 6.07) is 0.603. The highest BCUT2D eigenvalue weighted by atomic mass is 32.1. The summed E-state index contributed by atoms with van der Waals surface area (Å²) in [5.74, 6) is 0.826. The van der Waals surface area contributed by atoms with E-state index in [2.05, 4.69) is 41.4 Å². The maximum absolute atomic E-state index is 4.50. The summed E-state index contributed by atoms with van der Waals surface area (Å²) < 4.78 is 0. The molecule has 0 spiro atoms. The molecular formula is C14H25N3S. The number of aromatic nitrogens is 1. The first-order valence-corrected chi connectivity index (χ1v) is 7.93. The Morgan fingerprint density at radius 3 is 2.78 bits per heavy atom. The molecule has 1 unspecified atom stereocenters. The average Bonchev–Trinajstić information content (AvgIpc) is 2.82. The molecule has 1 atom stereocenters. The Hall–Kier alpha value is -0.450. The van der Waals surface area contributed by atoms with Crippen LogP contribution in [0.3, 0.4) is 0 Å². The molecule has 0 amide bonds. The van der Waals surface area contributed by atoms with Crippen molar-refractivity contribution in [3.05, 3.63) is 16.1 Å². The van der Waals surface area contributed by atoms with Crippen LogP contribution in [0.15, 0.2) is 5.38 Å². The van der Waals surface area contributed by atoms with Gasteiger partial charge in [-0.05, 0) is 52.2 Å². The van der Waals surface area contributed by atoms with Crippen molar-refractivity contribution < 1.29 is 0 Å². The van der Waals surface area contributed by atoms with Crippen molar-refractivity contribution in [3.63, 3.8) is 0 Å². The summed E-state index contributed by atoms with van der Waals surface area (Å²) in [5.41, 5.74) is 1.19. The van der Waals surface area contributed by atoms with Gasteiger partial charge in [0.05, 0.1) is 10.7 Å². The zero-order valence-electron chi connectivity index (χ0n) is 11.8. The van der Waals surface area contributed by atoms with Crippen molar-refractivity contribution in [3.8, 4) is 0 Å². The predicted molar refractivity (Wildman–Crippen MR) is 78.0 cm³/mol. The fourth-order valence-corrected chi connectivity index (χ4v) is 3.30. The van der Waals surface area contributed by atoms with Crippen molar-refractivity contribution in [2.45, 2.75) is 46.2 Å². The Kier molecular flexibility index (Phi) is 5.15. The van der Waals surface area contributed by atoms with Gasteiger partial charge in [-0.1, -0.05) is 6.92 Å². The molecule has 1 fully saturated rings. The molecule has 4 heteroatoms. The SMILES string of the molecule is CCN1CCC(C(C)NCc2csc(C)n2)CC1. The van der Waals surface area contributed by atoms with Crippen LogP contribution in [-0.2, 0) is 6.54 Å². The molecule has 1 aromatic rings. The van der Waals surface area contributed by atoms with Gasteiger partial charge in [-0.2, -0.15) is 0 Å². The van der Waals surface area contributed by atoms with Crippen molar-refractivity contribution in [1.29, 1.82) is 0 Å². The van der Waals surface area contributed by atoms with E-state index in [4.69, 9.17) is 0 Å². The summed E-state index contributed by atoms with van der Waals surface area (Å²) in [4.78, 5) is 7.05. The molecule has 102 valence electrons. The molecular weight excluding hydrogens is 242 g/mol. The zero-order valence-corrected chi connectivity index (χ0v) is 12.6. The lowest BCUT2D eigenvalue weighted by Gasteiger charge is -2.34. The minimum Gasteiger partial charge on any atom is -0.308 e. The van der Waals surface area contributed by atoms with Crippen LogP contribution in [-0.4, -0.2) is 35.6 Å². The molecule has 3 nitrogen and oxygen atoms in total. The largest absolute Gasteiger partial charge is 0.308 e. The maximum atomic E-state index is 4.50. The molecule has 1 N–H and O–H groups in total. The van der Waals surface area contributed by atoms with E-state index in [9.17, 15) is 0 Å². The normalized spacial score (nSPS) is 20.2. The first-order valence-electron chi connectivity index (χ1n) is 7.05. The highest BCUT2D eigenvalue weighted by Gasteiger charge is 2.22. The number of piperidine rings is 1. The standard InChI is InChI=1S/C14H25N3S/c1-4-17-7-5-13(6-8-17)11(2)15-9-14-10-18-12(3)16-14/h10-11,13,15H,4-9H2,1-3H3. The van der Waals surface area contributed by atoms with E-state index in [-0.39, 0.29) is 0 Å². The molecule has 1 aliphatic heterocycles. The number of likely N-dealkylation sites (tertiary alicyclic amines) is 1. The van der Waals surface area contributed by atoms with E-state index >= 15 is 0 Å². The molecule has 1 saturated heterocycles. The van der Waals surface area contributed by atoms with Crippen LogP contribution in [0, 0.1) is 12.8 Å². The fourth-order valence-electron chi connectivity index (χ4n) is 2.69. The lowest BCUT2D eigenvalue weighted by Crippen LogP contribution is -2.41. The number of rotatable bonds is 5. The molecule has 1 aromatic heterocycles. The smallest absolute Gasteiger partial charge is 0.0897 e. The topological polar surface area (TPSA) is 28.2 Å². The van der Waals surface area contributed by atoms with E-state index in [0.717, 1.165) is 17.5 Å². The second-order valence-electron chi connectivity index (χ2n) is 5.30. The van der Waals surface area contributed by atoms with Gasteiger partial charge < -0.3 is 10.2 Å². The van der Waals surface area contributed by atoms with Crippen LogP contribution in [0.2, 0.25) is 0 Å². The van der Waals surface area contributed by atoms with Crippen molar-refractivity contribution in [2.75, 3.05) is 19.6 Å². The molecule has 2 rings (SSSR count). The predicted octanol–water partition coefficient (Wildman–Crippen LogP) is 2.66. The second kappa shape index (κ2) is 6.64. The molecule has 0 bridgehead atoms. The van der Waals surface area contributed by atoms with Crippen LogP contribution >= 0.6 is 11.3 Å². The lowest BCUT2D eigenvalue weighted by atomic mass is 9.90. The van der Waals surface area contributed by atoms with Gasteiger partial charge in [0.1, 0.15) is 0 Å². The summed E-state index contributed by atoms with van der Waals surface area (Å²) in [7, 11) is 0. The van der Waals surface area contributed by atoms with Crippen LogP contribution in [0.1, 0.15) is 37.4 Å². The molecule has 1 aliphatic rings. The quantitative estimate of drug-likeness (QED) is 0.889. The summed E-state index contributed by atoms with van der Waals surface area (Å²) >= 11 is 1.74. The Morgan fingerprint density at radius 1 is 1.50 bits per heavy atom. The Labute approximate surface area is 115 Å². The molecule has 0 aliphatic carbocycles. The highest BCUT2D eigenvalue weighted by molar-refractivity contribution is 7.09. The third kappa shape index (κ3) is 3.77. The summed E-state index contributed by atoms with van der Waals surface area (Å²) in [5, 5.41) is 6.96. The van der Waals surface area contributed by atoms with Gasteiger partial charge >= 0.3 is 0 Å². The fraction of sp³-hybridized carbons (Fsp3) is 0.786. The minimum atomic E-state index is 0.603. The van der Waals surface area contributed by atoms with Gasteiger partial charge in [0.25, 0.3) is 0 Å². The Bertz CT molecular complexity index is 356. The van der Waals surface area contributed by atoms with Crippen molar-refractivity contribution in [2.24, 2.45) is 5.92 Å². The van der Waals surface area contributed by atoms with Crippen LogP contribution < -0.4 is 5.32 Å². The van der Waals surface area contributed by atoms with Crippen molar-refractivity contribution >= 4 is 11.3 Å². The van der Waals surface area contributed by atoms with Crippen LogP contribution in [0.5, 0.6) is 0 Å².